The Bertz CT molecular complexity index is 842. The summed E-state index contributed by atoms with van der Waals surface area (Å²) >= 11 is 0. The monoisotopic (exact) mass is 361 g/mol. The van der Waals surface area contributed by atoms with E-state index >= 15 is 0 Å². The SMILES string of the molecule is Cc1ccc(S(=O)(=O)N(CC(=O)OC(C)C)c2cccc(C)c2)cc1. The van der Waals surface area contributed by atoms with E-state index in [2.05, 4.69) is 0 Å². The molecule has 0 saturated heterocycles. The van der Waals surface area contributed by atoms with Crippen LogP contribution in [0.2, 0.25) is 0 Å². The predicted molar refractivity (Wildman–Crippen MR) is 98.1 cm³/mol. The summed E-state index contributed by atoms with van der Waals surface area (Å²) in [5.74, 6) is -0.591. The quantitative estimate of drug-likeness (QED) is 0.739. The smallest absolute Gasteiger partial charge is 0.327 e. The Labute approximate surface area is 149 Å². The van der Waals surface area contributed by atoms with E-state index in [1.54, 1.807) is 56.3 Å². The zero-order valence-electron chi connectivity index (χ0n) is 14.9. The van der Waals surface area contributed by atoms with Gasteiger partial charge in [0, 0.05) is 0 Å². The Hall–Kier alpha value is -2.34. The summed E-state index contributed by atoms with van der Waals surface area (Å²) in [6.07, 6.45) is -0.311. The minimum Gasteiger partial charge on any atom is -0.462 e. The minimum absolute atomic E-state index is 0.136. The van der Waals surface area contributed by atoms with Crippen molar-refractivity contribution in [2.24, 2.45) is 0 Å². The number of nitrogens with zero attached hydrogens (tertiary/aromatic N) is 1. The molecule has 6 heteroatoms. The third-order valence-corrected chi connectivity index (χ3v) is 5.33. The van der Waals surface area contributed by atoms with Crippen LogP contribution in [0.4, 0.5) is 5.69 Å². The van der Waals surface area contributed by atoms with Crippen LogP contribution in [-0.2, 0) is 19.6 Å². The van der Waals surface area contributed by atoms with E-state index in [9.17, 15) is 13.2 Å². The van der Waals surface area contributed by atoms with Gasteiger partial charge < -0.3 is 4.74 Å². The zero-order chi connectivity index (χ0) is 18.6. The lowest BCUT2D eigenvalue weighted by atomic mass is 10.2. The van der Waals surface area contributed by atoms with Gasteiger partial charge >= 0.3 is 5.97 Å². The van der Waals surface area contributed by atoms with Crippen molar-refractivity contribution in [2.75, 3.05) is 10.8 Å². The number of hydrogen-bond acceptors (Lipinski definition) is 4. The molecule has 2 aromatic carbocycles. The lowest BCUT2D eigenvalue weighted by Gasteiger charge is -2.24. The number of esters is 1. The van der Waals surface area contributed by atoms with Crippen molar-refractivity contribution in [3.8, 4) is 0 Å². The molecule has 0 N–H and O–H groups in total. The van der Waals surface area contributed by atoms with Gasteiger partial charge in [-0.15, -0.1) is 0 Å². The fourth-order valence-electron chi connectivity index (χ4n) is 2.35. The third kappa shape index (κ3) is 4.82. The maximum absolute atomic E-state index is 13.1. The molecule has 5 nitrogen and oxygen atoms in total. The van der Waals surface area contributed by atoms with Gasteiger partial charge in [-0.05, 0) is 57.5 Å². The van der Waals surface area contributed by atoms with Gasteiger partial charge in [-0.25, -0.2) is 8.42 Å². The molecule has 134 valence electrons. The van der Waals surface area contributed by atoms with Crippen LogP contribution in [0, 0.1) is 13.8 Å². The molecule has 0 unspecified atom stereocenters. The summed E-state index contributed by atoms with van der Waals surface area (Å²) in [5.41, 5.74) is 2.29. The molecular weight excluding hydrogens is 338 g/mol. The summed E-state index contributed by atoms with van der Waals surface area (Å²) in [6.45, 7) is 6.83. The Morgan fingerprint density at radius 1 is 1.04 bits per heavy atom. The van der Waals surface area contributed by atoms with Crippen molar-refractivity contribution in [1.82, 2.24) is 0 Å². The largest absolute Gasteiger partial charge is 0.462 e. The van der Waals surface area contributed by atoms with Crippen molar-refractivity contribution in [3.05, 3.63) is 59.7 Å². The van der Waals surface area contributed by atoms with Gasteiger partial charge in [0.2, 0.25) is 0 Å². The third-order valence-electron chi connectivity index (χ3n) is 3.54. The van der Waals surface area contributed by atoms with Crippen LogP contribution in [0.25, 0.3) is 0 Å². The maximum Gasteiger partial charge on any atom is 0.327 e. The highest BCUT2D eigenvalue weighted by atomic mass is 32.2. The van der Waals surface area contributed by atoms with Crippen LogP contribution >= 0.6 is 0 Å². The molecule has 0 radical (unpaired) electrons. The second-order valence-corrected chi connectivity index (χ2v) is 8.06. The molecule has 0 bridgehead atoms. The van der Waals surface area contributed by atoms with Crippen molar-refractivity contribution < 1.29 is 17.9 Å². The number of hydrogen-bond donors (Lipinski definition) is 0. The molecule has 2 aromatic rings. The molecule has 0 aliphatic carbocycles. The number of aryl methyl sites for hydroxylation is 2. The summed E-state index contributed by atoms with van der Waals surface area (Å²) in [5, 5.41) is 0. The summed E-state index contributed by atoms with van der Waals surface area (Å²) in [6, 6.07) is 13.6. The average Bonchev–Trinajstić information content (AvgIpc) is 2.52. The summed E-state index contributed by atoms with van der Waals surface area (Å²) < 4.78 is 32.4. The predicted octanol–water partition coefficient (Wildman–Crippen LogP) is 3.45. The highest BCUT2D eigenvalue weighted by molar-refractivity contribution is 7.92. The molecule has 0 aliphatic rings. The number of anilines is 1. The first-order valence-electron chi connectivity index (χ1n) is 8.05. The van der Waals surface area contributed by atoms with Gasteiger partial charge in [0.1, 0.15) is 6.54 Å². The van der Waals surface area contributed by atoms with E-state index in [1.807, 2.05) is 19.9 Å². The van der Waals surface area contributed by atoms with Crippen LogP contribution in [0.3, 0.4) is 0 Å². The Kier molecular flexibility index (Phi) is 5.85. The zero-order valence-corrected chi connectivity index (χ0v) is 15.7. The first-order chi connectivity index (χ1) is 11.7. The Balaban J connectivity index is 2.46. The van der Waals surface area contributed by atoms with Gasteiger partial charge in [0.15, 0.2) is 0 Å². The Morgan fingerprint density at radius 3 is 2.24 bits per heavy atom. The lowest BCUT2D eigenvalue weighted by molar-refractivity contribution is -0.145. The molecule has 0 heterocycles. The van der Waals surface area contributed by atoms with Gasteiger partial charge in [-0.2, -0.15) is 0 Å². The highest BCUT2D eigenvalue weighted by Gasteiger charge is 2.28. The van der Waals surface area contributed by atoms with Gasteiger partial charge in [-0.3, -0.25) is 9.10 Å². The van der Waals surface area contributed by atoms with Crippen LogP contribution < -0.4 is 4.31 Å². The number of sulfonamides is 1. The lowest BCUT2D eigenvalue weighted by Crippen LogP contribution is -2.37. The van der Waals surface area contributed by atoms with E-state index in [1.165, 1.54) is 0 Å². The second-order valence-electron chi connectivity index (χ2n) is 6.20. The summed E-state index contributed by atoms with van der Waals surface area (Å²) in [7, 11) is -3.89. The Morgan fingerprint density at radius 2 is 1.68 bits per heavy atom. The fraction of sp³-hybridized carbons (Fsp3) is 0.316. The van der Waals surface area contributed by atoms with Crippen molar-refractivity contribution >= 4 is 21.7 Å². The number of carbonyl (C=O) groups is 1. The van der Waals surface area contributed by atoms with Crippen LogP contribution in [-0.4, -0.2) is 27.0 Å². The highest BCUT2D eigenvalue weighted by Crippen LogP contribution is 2.25. The minimum atomic E-state index is -3.89. The standard InChI is InChI=1S/C19H23NO4S/c1-14(2)24-19(21)13-20(17-7-5-6-16(4)12-17)25(22,23)18-10-8-15(3)9-11-18/h5-12,14H,13H2,1-4H3. The summed E-state index contributed by atoms with van der Waals surface area (Å²) in [4.78, 5) is 12.3. The normalized spacial score (nSPS) is 11.4. The fourth-order valence-corrected chi connectivity index (χ4v) is 3.75. The van der Waals surface area contributed by atoms with Crippen LogP contribution in [0.15, 0.2) is 53.4 Å². The number of rotatable bonds is 6. The average molecular weight is 361 g/mol. The first-order valence-corrected chi connectivity index (χ1v) is 9.49. The van der Waals surface area contributed by atoms with Crippen molar-refractivity contribution in [3.63, 3.8) is 0 Å². The van der Waals surface area contributed by atoms with Gasteiger partial charge in [0.05, 0.1) is 16.7 Å². The molecule has 0 saturated carbocycles. The molecule has 0 atom stereocenters. The molecule has 0 aliphatic heterocycles. The molecule has 25 heavy (non-hydrogen) atoms. The van der Waals surface area contributed by atoms with Gasteiger partial charge in [0.25, 0.3) is 10.0 Å². The molecule has 0 amide bonds. The number of ether oxygens (including phenoxy) is 1. The van der Waals surface area contributed by atoms with E-state index in [4.69, 9.17) is 4.74 Å². The van der Waals surface area contributed by atoms with E-state index in [0.717, 1.165) is 15.4 Å². The van der Waals surface area contributed by atoms with E-state index in [0.29, 0.717) is 5.69 Å². The second kappa shape index (κ2) is 7.70. The van der Waals surface area contributed by atoms with E-state index < -0.39 is 16.0 Å². The van der Waals surface area contributed by atoms with Crippen LogP contribution in [0.5, 0.6) is 0 Å². The van der Waals surface area contributed by atoms with Crippen molar-refractivity contribution in [2.45, 2.75) is 38.7 Å². The maximum atomic E-state index is 13.1. The molecule has 2 rings (SSSR count). The van der Waals surface area contributed by atoms with Crippen LogP contribution in [0.1, 0.15) is 25.0 Å². The number of benzene rings is 2. The number of carbonyl (C=O) groups excluding carboxylic acids is 1. The molecular formula is C19H23NO4S. The first kappa shape index (κ1) is 19.0. The van der Waals surface area contributed by atoms with Crippen molar-refractivity contribution in [1.29, 1.82) is 0 Å². The molecule has 0 aromatic heterocycles. The molecule has 0 spiro atoms. The molecule has 0 fully saturated rings. The topological polar surface area (TPSA) is 63.7 Å². The van der Waals surface area contributed by atoms with Gasteiger partial charge in [-0.1, -0.05) is 29.8 Å². The van der Waals surface area contributed by atoms with E-state index in [-0.39, 0.29) is 17.5 Å².